The molecular weight excluding hydrogens is 350 g/mol. The van der Waals surface area contributed by atoms with Gasteiger partial charge in [0.1, 0.15) is 6.61 Å². The first-order chi connectivity index (χ1) is 12.7. The van der Waals surface area contributed by atoms with Gasteiger partial charge in [-0.25, -0.2) is 9.77 Å². The van der Waals surface area contributed by atoms with Crippen LogP contribution in [0.5, 0.6) is 11.5 Å². The van der Waals surface area contributed by atoms with E-state index in [4.69, 9.17) is 21.7 Å². The van der Waals surface area contributed by atoms with Gasteiger partial charge in [-0.15, -0.1) is 0 Å². The number of aromatic amines is 1. The van der Waals surface area contributed by atoms with Gasteiger partial charge in [-0.05, 0) is 42.0 Å². The Morgan fingerprint density at radius 2 is 2.08 bits per heavy atom. The minimum absolute atomic E-state index is 0.424. The SMILES string of the molecule is C=CCOc1ccc(CNn2c(-c3ccncc3)n[nH]c2=S)cc1OC. The molecule has 0 radical (unpaired) electrons. The van der Waals surface area contributed by atoms with Crippen molar-refractivity contribution in [2.24, 2.45) is 0 Å². The Morgan fingerprint density at radius 1 is 1.27 bits per heavy atom. The first-order valence-corrected chi connectivity index (χ1v) is 8.36. The van der Waals surface area contributed by atoms with Gasteiger partial charge in [0.2, 0.25) is 4.77 Å². The van der Waals surface area contributed by atoms with Gasteiger partial charge >= 0.3 is 0 Å². The van der Waals surface area contributed by atoms with Crippen molar-refractivity contribution in [3.05, 3.63) is 65.7 Å². The lowest BCUT2D eigenvalue weighted by Gasteiger charge is -2.13. The molecule has 0 saturated heterocycles. The summed E-state index contributed by atoms with van der Waals surface area (Å²) in [5.41, 5.74) is 5.19. The van der Waals surface area contributed by atoms with E-state index in [9.17, 15) is 0 Å². The van der Waals surface area contributed by atoms with E-state index in [0.29, 0.717) is 35.2 Å². The Kier molecular flexibility index (Phi) is 5.65. The van der Waals surface area contributed by atoms with Crippen molar-refractivity contribution in [2.75, 3.05) is 19.1 Å². The smallest absolute Gasteiger partial charge is 0.214 e. The van der Waals surface area contributed by atoms with Crippen LogP contribution in [0.2, 0.25) is 0 Å². The fourth-order valence-corrected chi connectivity index (χ4v) is 2.60. The Hall–Kier alpha value is -3.13. The lowest BCUT2D eigenvalue weighted by atomic mass is 10.2. The van der Waals surface area contributed by atoms with Crippen molar-refractivity contribution in [2.45, 2.75) is 6.54 Å². The molecule has 0 saturated carbocycles. The van der Waals surface area contributed by atoms with Crippen molar-refractivity contribution in [1.82, 2.24) is 19.9 Å². The maximum Gasteiger partial charge on any atom is 0.214 e. The number of hydrogen-bond acceptors (Lipinski definition) is 6. The lowest BCUT2D eigenvalue weighted by molar-refractivity contribution is 0.326. The van der Waals surface area contributed by atoms with E-state index in [0.717, 1.165) is 11.1 Å². The monoisotopic (exact) mass is 369 g/mol. The fraction of sp³-hybridized carbons (Fsp3) is 0.167. The molecule has 8 heteroatoms. The zero-order chi connectivity index (χ0) is 18.4. The molecular formula is C18H19N5O2S. The lowest BCUT2D eigenvalue weighted by Crippen LogP contribution is -2.16. The predicted molar refractivity (Wildman–Crippen MR) is 102 cm³/mol. The highest BCUT2D eigenvalue weighted by Gasteiger charge is 2.10. The number of ether oxygens (including phenoxy) is 2. The number of hydrogen-bond donors (Lipinski definition) is 2. The number of aromatic nitrogens is 4. The summed E-state index contributed by atoms with van der Waals surface area (Å²) >= 11 is 5.32. The van der Waals surface area contributed by atoms with Crippen molar-refractivity contribution in [1.29, 1.82) is 0 Å². The quantitative estimate of drug-likeness (QED) is 0.469. The molecule has 0 atom stereocenters. The summed E-state index contributed by atoms with van der Waals surface area (Å²) in [4.78, 5) is 4.02. The average Bonchev–Trinajstić information content (AvgIpc) is 3.06. The van der Waals surface area contributed by atoms with Crippen LogP contribution in [-0.4, -0.2) is 33.6 Å². The second-order valence-electron chi connectivity index (χ2n) is 5.34. The van der Waals surface area contributed by atoms with Crippen molar-refractivity contribution in [3.8, 4) is 22.9 Å². The molecule has 2 N–H and O–H groups in total. The standard InChI is InChI=1S/C18H19N5O2S/c1-3-10-25-15-5-4-13(11-16(15)24-2)12-20-23-17(21-22-18(23)26)14-6-8-19-9-7-14/h3-9,11,20H,1,10,12H2,2H3,(H,22,26). The third-order valence-corrected chi connectivity index (χ3v) is 3.91. The topological polar surface area (TPSA) is 77.0 Å². The van der Waals surface area contributed by atoms with Crippen molar-refractivity contribution >= 4 is 12.2 Å². The molecule has 2 heterocycles. The maximum atomic E-state index is 5.57. The van der Waals surface area contributed by atoms with Gasteiger partial charge in [0, 0.05) is 18.0 Å². The van der Waals surface area contributed by atoms with E-state index >= 15 is 0 Å². The summed E-state index contributed by atoms with van der Waals surface area (Å²) in [6.45, 7) is 4.60. The predicted octanol–water partition coefficient (Wildman–Crippen LogP) is 3.32. The molecule has 134 valence electrons. The molecule has 3 aromatic rings. The molecule has 0 amide bonds. The molecule has 0 bridgehead atoms. The van der Waals surface area contributed by atoms with Crippen LogP contribution in [0.1, 0.15) is 5.56 Å². The highest BCUT2D eigenvalue weighted by molar-refractivity contribution is 7.71. The highest BCUT2D eigenvalue weighted by Crippen LogP contribution is 2.28. The minimum atomic E-state index is 0.424. The number of pyridine rings is 1. The van der Waals surface area contributed by atoms with Crippen LogP contribution in [0.3, 0.4) is 0 Å². The number of benzene rings is 1. The molecule has 7 nitrogen and oxygen atoms in total. The van der Waals surface area contributed by atoms with Crippen LogP contribution in [0.25, 0.3) is 11.4 Å². The Morgan fingerprint density at radius 3 is 2.81 bits per heavy atom. The average molecular weight is 369 g/mol. The number of rotatable bonds is 8. The Balaban J connectivity index is 1.79. The van der Waals surface area contributed by atoms with E-state index in [1.165, 1.54) is 0 Å². The van der Waals surface area contributed by atoms with Gasteiger partial charge in [-0.1, -0.05) is 18.7 Å². The van der Waals surface area contributed by atoms with Crippen LogP contribution in [0, 0.1) is 4.77 Å². The second kappa shape index (κ2) is 8.30. The van der Waals surface area contributed by atoms with Gasteiger partial charge in [0.15, 0.2) is 17.3 Å². The van der Waals surface area contributed by atoms with Gasteiger partial charge in [0.05, 0.1) is 13.7 Å². The number of methoxy groups -OCH3 is 1. The number of nitrogens with zero attached hydrogens (tertiary/aromatic N) is 3. The summed E-state index contributed by atoms with van der Waals surface area (Å²) in [5.74, 6) is 2.03. The van der Waals surface area contributed by atoms with Crippen LogP contribution in [0.4, 0.5) is 0 Å². The molecule has 0 aliphatic rings. The van der Waals surface area contributed by atoms with Gasteiger partial charge < -0.3 is 14.9 Å². The van der Waals surface area contributed by atoms with Crippen LogP contribution in [0.15, 0.2) is 55.4 Å². The Bertz CT molecular complexity index is 936. The Labute approximate surface area is 156 Å². The summed E-state index contributed by atoms with van der Waals surface area (Å²) in [6.07, 6.45) is 5.12. The normalized spacial score (nSPS) is 10.3. The summed E-state index contributed by atoms with van der Waals surface area (Å²) in [7, 11) is 1.61. The second-order valence-corrected chi connectivity index (χ2v) is 5.73. The maximum absolute atomic E-state index is 5.57. The molecule has 1 aromatic carbocycles. The van der Waals surface area contributed by atoms with Crippen LogP contribution >= 0.6 is 12.2 Å². The molecule has 0 aliphatic heterocycles. The third kappa shape index (κ3) is 3.92. The fourth-order valence-electron chi connectivity index (χ4n) is 2.40. The third-order valence-electron chi connectivity index (χ3n) is 3.64. The highest BCUT2D eigenvalue weighted by atomic mass is 32.1. The molecule has 2 aromatic heterocycles. The van der Waals surface area contributed by atoms with Crippen LogP contribution < -0.4 is 14.9 Å². The van der Waals surface area contributed by atoms with Crippen molar-refractivity contribution < 1.29 is 9.47 Å². The minimum Gasteiger partial charge on any atom is -0.493 e. The largest absolute Gasteiger partial charge is 0.493 e. The zero-order valence-electron chi connectivity index (χ0n) is 14.3. The molecule has 0 fully saturated rings. The molecule has 26 heavy (non-hydrogen) atoms. The molecule has 0 aliphatic carbocycles. The first-order valence-electron chi connectivity index (χ1n) is 7.95. The zero-order valence-corrected chi connectivity index (χ0v) is 15.1. The van der Waals surface area contributed by atoms with E-state index in [-0.39, 0.29) is 0 Å². The summed E-state index contributed by atoms with van der Waals surface area (Å²) in [5, 5.41) is 7.09. The first kappa shape index (κ1) is 17.7. The van der Waals surface area contributed by atoms with Gasteiger partial charge in [0.25, 0.3) is 0 Å². The van der Waals surface area contributed by atoms with E-state index in [2.05, 4.69) is 27.2 Å². The summed E-state index contributed by atoms with van der Waals surface area (Å²) in [6, 6.07) is 9.50. The van der Waals surface area contributed by atoms with E-state index in [1.807, 2.05) is 30.3 Å². The molecule has 3 rings (SSSR count). The van der Waals surface area contributed by atoms with Crippen molar-refractivity contribution in [3.63, 3.8) is 0 Å². The van der Waals surface area contributed by atoms with E-state index in [1.54, 1.807) is 30.3 Å². The summed E-state index contributed by atoms with van der Waals surface area (Å²) < 4.78 is 13.2. The molecule has 0 spiro atoms. The number of H-pyrrole nitrogens is 1. The van der Waals surface area contributed by atoms with Gasteiger partial charge in [-0.2, -0.15) is 5.10 Å². The van der Waals surface area contributed by atoms with Gasteiger partial charge in [-0.3, -0.25) is 4.98 Å². The number of nitrogens with one attached hydrogen (secondary N) is 2. The van der Waals surface area contributed by atoms with E-state index < -0.39 is 0 Å². The van der Waals surface area contributed by atoms with Crippen LogP contribution in [-0.2, 0) is 6.54 Å². The molecule has 0 unspecified atom stereocenters.